The molecule has 0 radical (unpaired) electrons. The Morgan fingerprint density at radius 1 is 1.09 bits per heavy atom. The van der Waals surface area contributed by atoms with Gasteiger partial charge in [-0.1, -0.05) is 12.1 Å². The Balaban J connectivity index is 2.52. The van der Waals surface area contributed by atoms with Crippen LogP contribution in [0.5, 0.6) is 11.5 Å². The number of rotatable bonds is 5. The molecule has 0 saturated carbocycles. The van der Waals surface area contributed by atoms with E-state index in [1.807, 2.05) is 18.2 Å². The Labute approximate surface area is 129 Å². The van der Waals surface area contributed by atoms with Crippen LogP contribution < -0.4 is 9.47 Å². The van der Waals surface area contributed by atoms with Gasteiger partial charge >= 0.3 is 5.97 Å². The lowest BCUT2D eigenvalue weighted by atomic mass is 10.0. The van der Waals surface area contributed by atoms with Crippen LogP contribution in [0.4, 0.5) is 0 Å². The van der Waals surface area contributed by atoms with E-state index in [4.69, 9.17) is 14.2 Å². The molecule has 0 amide bonds. The average molecular weight is 299 g/mol. The lowest BCUT2D eigenvalue weighted by Gasteiger charge is -2.12. The van der Waals surface area contributed by atoms with Gasteiger partial charge < -0.3 is 14.2 Å². The van der Waals surface area contributed by atoms with Crippen LogP contribution in [0.15, 0.2) is 36.5 Å². The molecule has 0 saturated heterocycles. The highest BCUT2D eigenvalue weighted by molar-refractivity contribution is 5.98. The summed E-state index contributed by atoms with van der Waals surface area (Å²) in [6, 6.07) is 8.98. The molecule has 0 bridgehead atoms. The molecular formula is C17H17NO4. The van der Waals surface area contributed by atoms with Crippen LogP contribution in [0.3, 0.4) is 0 Å². The Hall–Kier alpha value is -2.82. The van der Waals surface area contributed by atoms with Gasteiger partial charge in [0.15, 0.2) is 0 Å². The zero-order valence-electron chi connectivity index (χ0n) is 12.7. The van der Waals surface area contributed by atoms with Crippen molar-refractivity contribution >= 4 is 18.1 Å². The molecule has 114 valence electrons. The van der Waals surface area contributed by atoms with Gasteiger partial charge in [-0.2, -0.15) is 0 Å². The molecule has 0 atom stereocenters. The fourth-order valence-corrected chi connectivity index (χ4v) is 1.99. The number of aromatic nitrogens is 1. The minimum absolute atomic E-state index is 0.345. The van der Waals surface area contributed by atoms with Gasteiger partial charge in [0.2, 0.25) is 0 Å². The van der Waals surface area contributed by atoms with Crippen molar-refractivity contribution in [1.29, 1.82) is 0 Å². The monoisotopic (exact) mass is 299 g/mol. The van der Waals surface area contributed by atoms with E-state index in [2.05, 4.69) is 4.98 Å². The van der Waals surface area contributed by atoms with Gasteiger partial charge in [0.05, 0.1) is 27.0 Å². The molecule has 0 spiro atoms. The van der Waals surface area contributed by atoms with Gasteiger partial charge in [0, 0.05) is 12.3 Å². The summed E-state index contributed by atoms with van der Waals surface area (Å²) >= 11 is 0. The fraction of sp³-hybridized carbons (Fsp3) is 0.176. The molecule has 5 nitrogen and oxygen atoms in total. The van der Waals surface area contributed by atoms with E-state index in [1.54, 1.807) is 37.6 Å². The zero-order chi connectivity index (χ0) is 15.9. The number of methoxy groups -OCH3 is 3. The molecule has 0 fully saturated rings. The maximum atomic E-state index is 12.0. The van der Waals surface area contributed by atoms with Crippen molar-refractivity contribution in [2.45, 2.75) is 0 Å². The second-order valence-corrected chi connectivity index (χ2v) is 4.37. The van der Waals surface area contributed by atoms with Gasteiger partial charge in [-0.3, -0.25) is 4.98 Å². The van der Waals surface area contributed by atoms with Crippen molar-refractivity contribution in [3.05, 3.63) is 53.3 Å². The smallest absolute Gasteiger partial charge is 0.342 e. The maximum Gasteiger partial charge on any atom is 0.342 e. The topological polar surface area (TPSA) is 57.7 Å². The summed E-state index contributed by atoms with van der Waals surface area (Å²) in [7, 11) is 4.38. The maximum absolute atomic E-state index is 12.0. The first-order valence-corrected chi connectivity index (χ1v) is 6.63. The molecule has 2 aromatic rings. The number of hydrogen-bond donors (Lipinski definition) is 0. The van der Waals surface area contributed by atoms with Crippen molar-refractivity contribution in [2.75, 3.05) is 21.3 Å². The third-order valence-corrected chi connectivity index (χ3v) is 3.07. The first kappa shape index (κ1) is 15.6. The number of carbonyl (C=O) groups is 1. The molecule has 1 aromatic carbocycles. The average Bonchev–Trinajstić information content (AvgIpc) is 2.59. The molecule has 2 rings (SSSR count). The quantitative estimate of drug-likeness (QED) is 0.794. The summed E-state index contributed by atoms with van der Waals surface area (Å²) in [6.45, 7) is 0. The molecule has 5 heteroatoms. The summed E-state index contributed by atoms with van der Waals surface area (Å²) in [5, 5.41) is 0. The van der Waals surface area contributed by atoms with E-state index in [9.17, 15) is 4.79 Å². The molecule has 0 N–H and O–H groups in total. The molecule has 0 aliphatic rings. The van der Waals surface area contributed by atoms with E-state index in [0.717, 1.165) is 5.69 Å². The van der Waals surface area contributed by atoms with E-state index in [-0.39, 0.29) is 0 Å². The van der Waals surface area contributed by atoms with Crippen LogP contribution in [0, 0.1) is 0 Å². The number of nitrogens with zero attached hydrogens (tertiary/aromatic N) is 1. The number of carbonyl (C=O) groups excluding carboxylic acids is 1. The summed E-state index contributed by atoms with van der Waals surface area (Å²) in [4.78, 5) is 16.2. The third-order valence-electron chi connectivity index (χ3n) is 3.07. The number of hydrogen-bond acceptors (Lipinski definition) is 5. The van der Waals surface area contributed by atoms with Crippen molar-refractivity contribution < 1.29 is 19.0 Å². The SMILES string of the molecule is COC(=O)c1c(/C=C/c2ccccn2)cc(OC)cc1OC. The van der Waals surface area contributed by atoms with E-state index in [1.165, 1.54) is 14.2 Å². The second-order valence-electron chi connectivity index (χ2n) is 4.37. The number of benzene rings is 1. The molecule has 0 aliphatic carbocycles. The van der Waals surface area contributed by atoms with Gasteiger partial charge in [-0.05, 0) is 29.8 Å². The van der Waals surface area contributed by atoms with Gasteiger partial charge in [-0.25, -0.2) is 4.79 Å². The molecule has 0 unspecified atom stereocenters. The molecule has 1 heterocycles. The van der Waals surface area contributed by atoms with E-state index < -0.39 is 5.97 Å². The van der Waals surface area contributed by atoms with Crippen LogP contribution in [0.25, 0.3) is 12.2 Å². The van der Waals surface area contributed by atoms with Crippen molar-refractivity contribution in [2.24, 2.45) is 0 Å². The van der Waals surface area contributed by atoms with E-state index in [0.29, 0.717) is 22.6 Å². The predicted molar refractivity (Wildman–Crippen MR) is 84.1 cm³/mol. The minimum Gasteiger partial charge on any atom is -0.497 e. The standard InChI is InChI=1S/C17H17NO4/c1-20-14-10-12(7-8-13-6-4-5-9-18-13)16(17(19)22-3)15(11-14)21-2/h4-11H,1-3H3/b8-7+. The first-order chi connectivity index (χ1) is 10.7. The lowest BCUT2D eigenvalue weighted by molar-refractivity contribution is 0.0597. The summed E-state index contributed by atoms with van der Waals surface area (Å²) in [5.41, 5.74) is 1.76. The number of esters is 1. The highest BCUT2D eigenvalue weighted by Crippen LogP contribution is 2.30. The lowest BCUT2D eigenvalue weighted by Crippen LogP contribution is -2.07. The normalized spacial score (nSPS) is 10.5. The van der Waals surface area contributed by atoms with Crippen LogP contribution >= 0.6 is 0 Å². The Bertz CT molecular complexity index is 681. The highest BCUT2D eigenvalue weighted by atomic mass is 16.5. The third kappa shape index (κ3) is 3.44. The molecule has 0 aliphatic heterocycles. The van der Waals surface area contributed by atoms with Crippen LogP contribution in [-0.2, 0) is 4.74 Å². The Kier molecular flexibility index (Phi) is 5.14. The molecule has 22 heavy (non-hydrogen) atoms. The second kappa shape index (κ2) is 7.26. The van der Waals surface area contributed by atoms with Gasteiger partial charge in [0.25, 0.3) is 0 Å². The Morgan fingerprint density at radius 3 is 2.50 bits per heavy atom. The predicted octanol–water partition coefficient (Wildman–Crippen LogP) is 3.06. The summed E-state index contributed by atoms with van der Waals surface area (Å²) in [5.74, 6) is 0.511. The zero-order valence-corrected chi connectivity index (χ0v) is 12.7. The molecular weight excluding hydrogens is 282 g/mol. The fourth-order valence-electron chi connectivity index (χ4n) is 1.99. The number of pyridine rings is 1. The van der Waals surface area contributed by atoms with Gasteiger partial charge in [0.1, 0.15) is 17.1 Å². The van der Waals surface area contributed by atoms with Crippen molar-refractivity contribution in [3.63, 3.8) is 0 Å². The van der Waals surface area contributed by atoms with Crippen molar-refractivity contribution in [1.82, 2.24) is 4.98 Å². The van der Waals surface area contributed by atoms with Gasteiger partial charge in [-0.15, -0.1) is 0 Å². The van der Waals surface area contributed by atoms with Crippen molar-refractivity contribution in [3.8, 4) is 11.5 Å². The minimum atomic E-state index is -0.472. The highest BCUT2D eigenvalue weighted by Gasteiger charge is 2.18. The summed E-state index contributed by atoms with van der Waals surface area (Å²) in [6.07, 6.45) is 5.29. The summed E-state index contributed by atoms with van der Waals surface area (Å²) < 4.78 is 15.3. The first-order valence-electron chi connectivity index (χ1n) is 6.63. The van der Waals surface area contributed by atoms with Crippen LogP contribution in [-0.4, -0.2) is 32.3 Å². The van der Waals surface area contributed by atoms with Crippen LogP contribution in [0.2, 0.25) is 0 Å². The molecule has 1 aromatic heterocycles. The van der Waals surface area contributed by atoms with E-state index >= 15 is 0 Å². The Morgan fingerprint density at radius 2 is 1.91 bits per heavy atom. The number of ether oxygens (including phenoxy) is 3. The largest absolute Gasteiger partial charge is 0.497 e. The van der Waals surface area contributed by atoms with Crippen LogP contribution in [0.1, 0.15) is 21.6 Å².